The molecule has 0 bridgehead atoms. The maximum absolute atomic E-state index is 10.1. The van der Waals surface area contributed by atoms with E-state index < -0.39 is 0 Å². The second-order valence-electron chi connectivity index (χ2n) is 5.12. The van der Waals surface area contributed by atoms with Crippen molar-refractivity contribution in [3.05, 3.63) is 60.7 Å². The Morgan fingerprint density at radius 1 is 1.14 bits per heavy atom. The Hall–Kier alpha value is -2.33. The topological polar surface area (TPSA) is 50.1 Å². The molecule has 108 valence electrons. The third-order valence-corrected chi connectivity index (χ3v) is 3.65. The Morgan fingerprint density at radius 2 is 2.05 bits per heavy atom. The molecular formula is C17H19N3O. The highest BCUT2D eigenvalue weighted by molar-refractivity contribution is 5.87. The van der Waals surface area contributed by atoms with Crippen molar-refractivity contribution in [3.63, 3.8) is 0 Å². The molecule has 0 aliphatic carbocycles. The van der Waals surface area contributed by atoms with Crippen molar-refractivity contribution in [2.24, 2.45) is 0 Å². The van der Waals surface area contributed by atoms with Gasteiger partial charge in [-0.1, -0.05) is 30.3 Å². The van der Waals surface area contributed by atoms with Gasteiger partial charge in [0.1, 0.15) is 5.75 Å². The number of nitrogens with one attached hydrogen (secondary N) is 1. The molecule has 1 aromatic heterocycles. The number of phenols is 1. The maximum Gasteiger partial charge on any atom is 0.120 e. The zero-order valence-corrected chi connectivity index (χ0v) is 11.9. The summed E-state index contributed by atoms with van der Waals surface area (Å²) in [6.07, 6.45) is 6.62. The van der Waals surface area contributed by atoms with Crippen molar-refractivity contribution in [2.75, 3.05) is 6.54 Å². The molecule has 0 amide bonds. The Morgan fingerprint density at radius 3 is 2.90 bits per heavy atom. The van der Waals surface area contributed by atoms with Crippen LogP contribution in [0.1, 0.15) is 12.0 Å². The molecule has 0 saturated heterocycles. The van der Waals surface area contributed by atoms with Crippen LogP contribution in [0.2, 0.25) is 0 Å². The second kappa shape index (κ2) is 6.41. The normalized spacial score (nSPS) is 11.0. The first-order chi connectivity index (χ1) is 10.3. The lowest BCUT2D eigenvalue weighted by Gasteiger charge is -2.10. The summed E-state index contributed by atoms with van der Waals surface area (Å²) in [4.78, 5) is 4.02. The van der Waals surface area contributed by atoms with Crippen molar-refractivity contribution < 1.29 is 5.11 Å². The molecule has 0 aliphatic rings. The smallest absolute Gasteiger partial charge is 0.120 e. The van der Waals surface area contributed by atoms with Crippen molar-refractivity contribution in [3.8, 4) is 5.75 Å². The predicted octanol–water partition coefficient (Wildman–Crippen LogP) is 2.92. The fraction of sp³-hybridized carbons (Fsp3) is 0.235. The molecule has 4 heteroatoms. The van der Waals surface area contributed by atoms with E-state index in [1.807, 2.05) is 30.7 Å². The number of aryl methyl sites for hydroxylation is 1. The minimum absolute atomic E-state index is 0.357. The molecule has 2 N–H and O–H groups in total. The molecule has 0 unspecified atom stereocenters. The number of phenolic OH excluding ortho intramolecular Hbond substituents is 1. The van der Waals surface area contributed by atoms with E-state index in [1.165, 1.54) is 0 Å². The van der Waals surface area contributed by atoms with Crippen LogP contribution in [0.3, 0.4) is 0 Å². The molecule has 2 aromatic carbocycles. The lowest BCUT2D eigenvalue weighted by Crippen LogP contribution is -2.16. The van der Waals surface area contributed by atoms with Crippen molar-refractivity contribution in [1.29, 1.82) is 0 Å². The van der Waals surface area contributed by atoms with Gasteiger partial charge in [0, 0.05) is 31.0 Å². The number of imidazole rings is 1. The molecule has 1 heterocycles. The van der Waals surface area contributed by atoms with Crippen LogP contribution in [-0.2, 0) is 13.1 Å². The highest BCUT2D eigenvalue weighted by Crippen LogP contribution is 2.26. The van der Waals surface area contributed by atoms with Crippen LogP contribution >= 0.6 is 0 Å². The van der Waals surface area contributed by atoms with E-state index in [0.717, 1.165) is 35.8 Å². The molecule has 0 radical (unpaired) electrons. The quantitative estimate of drug-likeness (QED) is 0.683. The van der Waals surface area contributed by atoms with Gasteiger partial charge in [-0.3, -0.25) is 0 Å². The molecule has 0 saturated carbocycles. The summed E-state index contributed by atoms with van der Waals surface area (Å²) in [7, 11) is 0. The van der Waals surface area contributed by atoms with E-state index in [4.69, 9.17) is 0 Å². The second-order valence-corrected chi connectivity index (χ2v) is 5.12. The van der Waals surface area contributed by atoms with Gasteiger partial charge in [0.2, 0.25) is 0 Å². The van der Waals surface area contributed by atoms with E-state index in [2.05, 4.69) is 27.0 Å². The van der Waals surface area contributed by atoms with Gasteiger partial charge in [-0.05, 0) is 29.8 Å². The lowest BCUT2D eigenvalue weighted by atomic mass is 10.0. The van der Waals surface area contributed by atoms with Crippen molar-refractivity contribution >= 4 is 10.8 Å². The van der Waals surface area contributed by atoms with E-state index >= 15 is 0 Å². The third kappa shape index (κ3) is 3.23. The molecule has 4 nitrogen and oxygen atoms in total. The molecule has 0 spiro atoms. The third-order valence-electron chi connectivity index (χ3n) is 3.65. The van der Waals surface area contributed by atoms with Gasteiger partial charge in [0.15, 0.2) is 0 Å². The summed E-state index contributed by atoms with van der Waals surface area (Å²) in [6, 6.07) is 11.9. The van der Waals surface area contributed by atoms with Crippen LogP contribution in [-0.4, -0.2) is 21.2 Å². The molecular weight excluding hydrogens is 262 g/mol. The van der Waals surface area contributed by atoms with Gasteiger partial charge in [-0.2, -0.15) is 0 Å². The number of aromatic nitrogens is 2. The number of hydrogen-bond donors (Lipinski definition) is 2. The van der Waals surface area contributed by atoms with Gasteiger partial charge < -0.3 is 15.0 Å². The van der Waals surface area contributed by atoms with Crippen LogP contribution < -0.4 is 5.32 Å². The molecule has 3 rings (SSSR count). The summed E-state index contributed by atoms with van der Waals surface area (Å²) in [6.45, 7) is 2.53. The highest BCUT2D eigenvalue weighted by atomic mass is 16.3. The number of nitrogens with zero attached hydrogens (tertiary/aromatic N) is 2. The summed E-state index contributed by atoms with van der Waals surface area (Å²) in [5.41, 5.74) is 0.968. The van der Waals surface area contributed by atoms with E-state index in [1.54, 1.807) is 12.3 Å². The summed E-state index contributed by atoms with van der Waals surface area (Å²) < 4.78 is 2.07. The van der Waals surface area contributed by atoms with Crippen LogP contribution in [0.5, 0.6) is 5.75 Å². The zero-order chi connectivity index (χ0) is 14.5. The van der Waals surface area contributed by atoms with Crippen molar-refractivity contribution in [2.45, 2.75) is 19.5 Å². The predicted molar refractivity (Wildman–Crippen MR) is 84.2 cm³/mol. The number of hydrogen-bond acceptors (Lipinski definition) is 3. The van der Waals surface area contributed by atoms with E-state index in [0.29, 0.717) is 12.3 Å². The van der Waals surface area contributed by atoms with Crippen LogP contribution in [0.25, 0.3) is 10.8 Å². The van der Waals surface area contributed by atoms with E-state index in [-0.39, 0.29) is 0 Å². The fourth-order valence-corrected chi connectivity index (χ4v) is 2.53. The highest BCUT2D eigenvalue weighted by Gasteiger charge is 2.05. The van der Waals surface area contributed by atoms with Crippen LogP contribution in [0.15, 0.2) is 55.1 Å². The Labute approximate surface area is 124 Å². The SMILES string of the molecule is Oc1ccc2ccccc2c1CNCCCn1ccnc1. The molecule has 3 aromatic rings. The number of aromatic hydroxyl groups is 1. The van der Waals surface area contributed by atoms with E-state index in [9.17, 15) is 5.11 Å². The minimum atomic E-state index is 0.357. The number of benzene rings is 2. The average Bonchev–Trinajstić information content (AvgIpc) is 3.02. The van der Waals surface area contributed by atoms with Crippen LogP contribution in [0, 0.1) is 0 Å². The maximum atomic E-state index is 10.1. The summed E-state index contributed by atoms with van der Waals surface area (Å²) in [5, 5.41) is 15.7. The molecule has 0 fully saturated rings. The van der Waals surface area contributed by atoms with Gasteiger partial charge in [0.05, 0.1) is 6.33 Å². The monoisotopic (exact) mass is 281 g/mol. The number of fused-ring (bicyclic) bond motifs is 1. The van der Waals surface area contributed by atoms with Gasteiger partial charge in [-0.15, -0.1) is 0 Å². The number of rotatable bonds is 6. The molecule has 21 heavy (non-hydrogen) atoms. The van der Waals surface area contributed by atoms with Gasteiger partial charge in [-0.25, -0.2) is 4.98 Å². The largest absolute Gasteiger partial charge is 0.508 e. The fourth-order valence-electron chi connectivity index (χ4n) is 2.53. The molecule has 0 atom stereocenters. The first-order valence-electron chi connectivity index (χ1n) is 7.20. The standard InChI is InChI=1S/C17H19N3O/c21-17-7-6-14-4-1-2-5-15(14)16(17)12-18-8-3-10-20-11-9-19-13-20/h1-2,4-7,9,11,13,18,21H,3,8,10,12H2. The first kappa shape index (κ1) is 13.6. The minimum Gasteiger partial charge on any atom is -0.508 e. The Kier molecular flexibility index (Phi) is 4.17. The first-order valence-corrected chi connectivity index (χ1v) is 7.20. The van der Waals surface area contributed by atoms with Gasteiger partial charge in [0.25, 0.3) is 0 Å². The average molecular weight is 281 g/mol. The summed E-state index contributed by atoms with van der Waals surface area (Å²) >= 11 is 0. The molecule has 0 aliphatic heterocycles. The Bertz CT molecular complexity index is 707. The summed E-state index contributed by atoms with van der Waals surface area (Å²) in [5.74, 6) is 0.357. The Balaban J connectivity index is 1.59. The van der Waals surface area contributed by atoms with Crippen molar-refractivity contribution in [1.82, 2.24) is 14.9 Å². The zero-order valence-electron chi connectivity index (χ0n) is 11.9. The lowest BCUT2D eigenvalue weighted by molar-refractivity contribution is 0.465. The van der Waals surface area contributed by atoms with Gasteiger partial charge >= 0.3 is 0 Å². The van der Waals surface area contributed by atoms with Crippen LogP contribution in [0.4, 0.5) is 0 Å².